The van der Waals surface area contributed by atoms with Crippen molar-refractivity contribution < 1.29 is 14.7 Å². The standard InChI is InChI=1S/C26H32N6O3S2/c1-3-18-5-4-8-32(18)14-21-23(20-11-16(2)15-36-20)29-26(37-21)30-24(33)19-12-28-22(13-27-19)31-9-6-17(7-10-31)25(34)35/h11-13,15,17-18H,3-10,14H2,1-2H3,(H,34,35)(H,29,30,33)/t18-/m1/s1. The molecule has 37 heavy (non-hydrogen) atoms. The monoisotopic (exact) mass is 540 g/mol. The van der Waals surface area contributed by atoms with E-state index < -0.39 is 5.97 Å². The van der Waals surface area contributed by atoms with E-state index >= 15 is 0 Å². The maximum absolute atomic E-state index is 13.0. The third-order valence-electron chi connectivity index (χ3n) is 7.24. The highest BCUT2D eigenvalue weighted by atomic mass is 32.1. The van der Waals surface area contributed by atoms with Crippen LogP contribution < -0.4 is 10.2 Å². The molecule has 0 spiro atoms. The SMILES string of the molecule is CC[C@@H]1CCCN1Cc1sc(NC(=O)c2cnc(N3CCC(C(=O)O)CC3)cn2)nc1-c1cc(C)cs1. The molecule has 3 aromatic rings. The smallest absolute Gasteiger partial charge is 0.306 e. The summed E-state index contributed by atoms with van der Waals surface area (Å²) in [6, 6.07) is 2.75. The van der Waals surface area contributed by atoms with Crippen LogP contribution in [0.1, 0.15) is 60.0 Å². The Hall–Kier alpha value is -2.89. The van der Waals surface area contributed by atoms with Crippen molar-refractivity contribution in [1.29, 1.82) is 0 Å². The molecule has 2 aliphatic heterocycles. The van der Waals surface area contributed by atoms with Crippen molar-refractivity contribution >= 4 is 45.5 Å². The molecule has 2 saturated heterocycles. The average Bonchev–Trinajstić information content (AvgIpc) is 3.64. The molecule has 196 valence electrons. The molecule has 0 bridgehead atoms. The summed E-state index contributed by atoms with van der Waals surface area (Å²) < 4.78 is 0. The van der Waals surface area contributed by atoms with Crippen LogP contribution >= 0.6 is 22.7 Å². The number of carboxylic acid groups (broad SMARTS) is 1. The van der Waals surface area contributed by atoms with E-state index in [1.807, 2.05) is 4.90 Å². The van der Waals surface area contributed by atoms with Gasteiger partial charge in [-0.05, 0) is 62.6 Å². The van der Waals surface area contributed by atoms with Crippen LogP contribution in [-0.4, -0.2) is 62.5 Å². The number of aryl methyl sites for hydroxylation is 1. The number of carbonyl (C=O) groups is 2. The minimum absolute atomic E-state index is 0.222. The van der Waals surface area contributed by atoms with Gasteiger partial charge in [-0.1, -0.05) is 18.3 Å². The molecule has 2 fully saturated rings. The van der Waals surface area contributed by atoms with Crippen LogP contribution in [0.5, 0.6) is 0 Å². The number of anilines is 2. The summed E-state index contributed by atoms with van der Waals surface area (Å²) >= 11 is 3.21. The number of carboxylic acids is 1. The fraction of sp³-hybridized carbons (Fsp3) is 0.500. The number of thiophene rings is 1. The van der Waals surface area contributed by atoms with E-state index in [1.165, 1.54) is 40.8 Å². The Morgan fingerprint density at radius 1 is 1.16 bits per heavy atom. The molecule has 2 N–H and O–H groups in total. The first-order valence-corrected chi connectivity index (χ1v) is 14.5. The molecular weight excluding hydrogens is 508 g/mol. The molecule has 0 radical (unpaired) electrons. The van der Waals surface area contributed by atoms with E-state index in [-0.39, 0.29) is 17.5 Å². The van der Waals surface area contributed by atoms with Gasteiger partial charge in [0, 0.05) is 30.6 Å². The van der Waals surface area contributed by atoms with Crippen molar-refractivity contribution in [3.8, 4) is 10.6 Å². The van der Waals surface area contributed by atoms with Gasteiger partial charge >= 0.3 is 5.97 Å². The molecule has 3 aromatic heterocycles. The number of likely N-dealkylation sites (tertiary alicyclic amines) is 1. The number of carbonyl (C=O) groups excluding carboxylic acids is 1. The van der Waals surface area contributed by atoms with Gasteiger partial charge in [0.05, 0.1) is 28.9 Å². The maximum Gasteiger partial charge on any atom is 0.306 e. The summed E-state index contributed by atoms with van der Waals surface area (Å²) in [5.41, 5.74) is 2.38. The predicted octanol–water partition coefficient (Wildman–Crippen LogP) is 4.90. The zero-order valence-corrected chi connectivity index (χ0v) is 22.8. The van der Waals surface area contributed by atoms with E-state index in [0.29, 0.717) is 42.9 Å². The summed E-state index contributed by atoms with van der Waals surface area (Å²) in [4.78, 5) is 44.6. The molecule has 5 rings (SSSR count). The predicted molar refractivity (Wildman–Crippen MR) is 146 cm³/mol. The first-order valence-electron chi connectivity index (χ1n) is 12.8. The van der Waals surface area contributed by atoms with Gasteiger partial charge in [0.25, 0.3) is 5.91 Å². The van der Waals surface area contributed by atoms with Gasteiger partial charge in [0.1, 0.15) is 11.5 Å². The van der Waals surface area contributed by atoms with Gasteiger partial charge in [-0.3, -0.25) is 19.8 Å². The summed E-state index contributed by atoms with van der Waals surface area (Å²) in [5.74, 6) is -0.737. The van der Waals surface area contributed by atoms with Crippen molar-refractivity contribution in [2.75, 3.05) is 29.9 Å². The number of aromatic nitrogens is 3. The lowest BCUT2D eigenvalue weighted by Gasteiger charge is -2.30. The largest absolute Gasteiger partial charge is 0.481 e. The second kappa shape index (κ2) is 11.2. The van der Waals surface area contributed by atoms with Crippen LogP contribution in [-0.2, 0) is 11.3 Å². The van der Waals surface area contributed by atoms with Crippen LogP contribution in [0.15, 0.2) is 23.8 Å². The molecular formula is C26H32N6O3S2. The highest BCUT2D eigenvalue weighted by Gasteiger charge is 2.27. The van der Waals surface area contributed by atoms with E-state index in [0.717, 1.165) is 30.1 Å². The highest BCUT2D eigenvalue weighted by molar-refractivity contribution is 7.17. The number of nitrogens with one attached hydrogen (secondary N) is 1. The minimum atomic E-state index is -0.744. The molecule has 0 aliphatic carbocycles. The Bertz CT molecular complexity index is 1250. The van der Waals surface area contributed by atoms with Gasteiger partial charge in [0.15, 0.2) is 5.13 Å². The number of aliphatic carboxylic acids is 1. The molecule has 1 amide bonds. The zero-order chi connectivity index (χ0) is 25.9. The second-order valence-corrected chi connectivity index (χ2v) is 11.8. The number of hydrogen-bond donors (Lipinski definition) is 2. The lowest BCUT2D eigenvalue weighted by molar-refractivity contribution is -0.142. The van der Waals surface area contributed by atoms with E-state index in [1.54, 1.807) is 17.5 Å². The van der Waals surface area contributed by atoms with Crippen LogP contribution in [0.25, 0.3) is 10.6 Å². The quantitative estimate of drug-likeness (QED) is 0.415. The van der Waals surface area contributed by atoms with Gasteiger partial charge in [-0.2, -0.15) is 0 Å². The number of rotatable bonds is 8. The fourth-order valence-electron chi connectivity index (χ4n) is 5.13. The minimum Gasteiger partial charge on any atom is -0.481 e. The maximum atomic E-state index is 13.0. The van der Waals surface area contributed by atoms with Crippen LogP contribution in [0.2, 0.25) is 0 Å². The first-order chi connectivity index (χ1) is 17.9. The van der Waals surface area contributed by atoms with Gasteiger partial charge in [-0.25, -0.2) is 15.0 Å². The molecule has 2 aliphatic rings. The molecule has 0 unspecified atom stereocenters. The lowest BCUT2D eigenvalue weighted by Crippen LogP contribution is -2.36. The van der Waals surface area contributed by atoms with Gasteiger partial charge < -0.3 is 10.0 Å². The molecule has 0 saturated carbocycles. The molecule has 5 heterocycles. The average molecular weight is 541 g/mol. The van der Waals surface area contributed by atoms with E-state index in [4.69, 9.17) is 4.98 Å². The Kier molecular flexibility index (Phi) is 7.82. The highest BCUT2D eigenvalue weighted by Crippen LogP contribution is 2.37. The van der Waals surface area contributed by atoms with E-state index in [9.17, 15) is 14.7 Å². The summed E-state index contributed by atoms with van der Waals surface area (Å²) in [5, 5.41) is 14.8. The van der Waals surface area contributed by atoms with Gasteiger partial charge in [-0.15, -0.1) is 11.3 Å². The first kappa shape index (κ1) is 25.7. The number of piperidine rings is 1. The lowest BCUT2D eigenvalue weighted by atomic mass is 9.97. The number of nitrogens with zero attached hydrogens (tertiary/aromatic N) is 5. The fourth-order valence-corrected chi connectivity index (χ4v) is 7.11. The molecule has 0 aromatic carbocycles. The Morgan fingerprint density at radius 3 is 2.62 bits per heavy atom. The summed E-state index contributed by atoms with van der Waals surface area (Å²) in [6.07, 6.45) is 7.81. The summed E-state index contributed by atoms with van der Waals surface area (Å²) in [6.45, 7) is 7.48. The zero-order valence-electron chi connectivity index (χ0n) is 21.1. The van der Waals surface area contributed by atoms with Crippen molar-refractivity contribution in [1.82, 2.24) is 19.9 Å². The molecule has 11 heteroatoms. The summed E-state index contributed by atoms with van der Waals surface area (Å²) in [7, 11) is 0. The topological polar surface area (TPSA) is 112 Å². The normalized spacial score (nSPS) is 18.9. The third-order valence-corrected chi connectivity index (χ3v) is 9.25. The number of thiazole rings is 1. The van der Waals surface area contributed by atoms with Crippen molar-refractivity contribution in [3.63, 3.8) is 0 Å². The van der Waals surface area contributed by atoms with E-state index in [2.05, 4.69) is 45.5 Å². The number of amides is 1. The Morgan fingerprint density at radius 2 is 1.97 bits per heavy atom. The van der Waals surface area contributed by atoms with Crippen LogP contribution in [0.4, 0.5) is 10.9 Å². The van der Waals surface area contributed by atoms with Crippen molar-refractivity contribution in [2.45, 2.75) is 58.5 Å². The van der Waals surface area contributed by atoms with Crippen LogP contribution in [0.3, 0.4) is 0 Å². The Labute approximate surface area is 224 Å². The Balaban J connectivity index is 1.29. The van der Waals surface area contributed by atoms with Crippen molar-refractivity contribution in [3.05, 3.63) is 40.0 Å². The number of hydrogen-bond acceptors (Lipinski definition) is 9. The second-order valence-electron chi connectivity index (χ2n) is 9.77. The molecule has 9 nitrogen and oxygen atoms in total. The van der Waals surface area contributed by atoms with Gasteiger partial charge in [0.2, 0.25) is 0 Å². The molecule has 1 atom stereocenters. The third kappa shape index (κ3) is 5.83. The van der Waals surface area contributed by atoms with Crippen molar-refractivity contribution in [2.24, 2.45) is 5.92 Å². The van der Waals surface area contributed by atoms with Crippen LogP contribution in [0, 0.1) is 12.8 Å².